The SMILES string of the molecule is Cc1ccc(N=C(N)c2ccccc2)c(O)c1. The van der Waals surface area contributed by atoms with Gasteiger partial charge in [-0.1, -0.05) is 36.4 Å². The van der Waals surface area contributed by atoms with Crippen LogP contribution in [0.4, 0.5) is 5.69 Å². The van der Waals surface area contributed by atoms with Gasteiger partial charge in [-0.15, -0.1) is 0 Å². The fourth-order valence-electron chi connectivity index (χ4n) is 1.53. The number of aliphatic imine (C=N–C) groups is 1. The Hall–Kier alpha value is -2.29. The van der Waals surface area contributed by atoms with Crippen molar-refractivity contribution in [2.75, 3.05) is 0 Å². The summed E-state index contributed by atoms with van der Waals surface area (Å²) in [6, 6.07) is 14.8. The average molecular weight is 226 g/mol. The lowest BCUT2D eigenvalue weighted by Gasteiger charge is -2.03. The lowest BCUT2D eigenvalue weighted by atomic mass is 10.2. The normalized spacial score (nSPS) is 11.5. The van der Waals surface area contributed by atoms with E-state index in [0.29, 0.717) is 11.5 Å². The Labute approximate surface area is 100 Å². The zero-order valence-corrected chi connectivity index (χ0v) is 9.59. The van der Waals surface area contributed by atoms with Crippen molar-refractivity contribution in [2.45, 2.75) is 6.92 Å². The molecule has 0 aliphatic heterocycles. The first kappa shape index (κ1) is 11.2. The van der Waals surface area contributed by atoms with Crippen molar-refractivity contribution in [3.05, 3.63) is 59.7 Å². The quantitative estimate of drug-likeness (QED) is 0.611. The monoisotopic (exact) mass is 226 g/mol. The van der Waals surface area contributed by atoms with Gasteiger partial charge in [0.25, 0.3) is 0 Å². The van der Waals surface area contributed by atoms with Crippen LogP contribution in [0, 0.1) is 6.92 Å². The van der Waals surface area contributed by atoms with Crippen LogP contribution >= 0.6 is 0 Å². The highest BCUT2D eigenvalue weighted by Crippen LogP contribution is 2.27. The molecule has 3 nitrogen and oxygen atoms in total. The highest BCUT2D eigenvalue weighted by atomic mass is 16.3. The number of phenolic OH excluding ortho intramolecular Hbond substituents is 1. The van der Waals surface area contributed by atoms with Crippen LogP contribution in [0.2, 0.25) is 0 Å². The lowest BCUT2D eigenvalue weighted by Crippen LogP contribution is -2.12. The van der Waals surface area contributed by atoms with E-state index < -0.39 is 0 Å². The number of rotatable bonds is 2. The number of phenols is 1. The standard InChI is InChI=1S/C14H14N2O/c1-10-7-8-12(13(17)9-10)16-14(15)11-5-3-2-4-6-11/h2-9,17H,1H3,(H2,15,16). The Kier molecular flexibility index (Phi) is 3.10. The number of nitrogens with two attached hydrogens (primary N) is 1. The van der Waals surface area contributed by atoms with E-state index in [1.807, 2.05) is 43.3 Å². The van der Waals surface area contributed by atoms with Crippen LogP contribution in [-0.2, 0) is 0 Å². The third kappa shape index (κ3) is 2.64. The van der Waals surface area contributed by atoms with Gasteiger partial charge in [-0.05, 0) is 24.6 Å². The number of amidine groups is 1. The van der Waals surface area contributed by atoms with E-state index >= 15 is 0 Å². The molecule has 0 heterocycles. The Morgan fingerprint density at radius 1 is 1.12 bits per heavy atom. The molecule has 0 bridgehead atoms. The van der Waals surface area contributed by atoms with E-state index in [-0.39, 0.29) is 5.75 Å². The van der Waals surface area contributed by atoms with Gasteiger partial charge in [-0.2, -0.15) is 0 Å². The molecule has 0 aliphatic carbocycles. The molecule has 0 unspecified atom stereocenters. The minimum atomic E-state index is 0.142. The summed E-state index contributed by atoms with van der Waals surface area (Å²) in [4.78, 5) is 4.21. The second-order valence-corrected chi connectivity index (χ2v) is 3.86. The highest BCUT2D eigenvalue weighted by Gasteiger charge is 2.02. The molecular formula is C14H14N2O. The van der Waals surface area contributed by atoms with E-state index in [2.05, 4.69) is 4.99 Å². The number of aryl methyl sites for hydroxylation is 1. The fraction of sp³-hybridized carbons (Fsp3) is 0.0714. The minimum absolute atomic E-state index is 0.142. The van der Waals surface area contributed by atoms with Gasteiger partial charge in [0.05, 0.1) is 0 Å². The second kappa shape index (κ2) is 4.70. The van der Waals surface area contributed by atoms with E-state index in [0.717, 1.165) is 11.1 Å². The molecule has 0 aromatic heterocycles. The van der Waals surface area contributed by atoms with E-state index in [9.17, 15) is 5.11 Å². The number of nitrogens with zero attached hydrogens (tertiary/aromatic N) is 1. The minimum Gasteiger partial charge on any atom is -0.506 e. The Morgan fingerprint density at radius 2 is 1.82 bits per heavy atom. The van der Waals surface area contributed by atoms with Gasteiger partial charge in [0.1, 0.15) is 17.3 Å². The molecule has 0 fully saturated rings. The summed E-state index contributed by atoms with van der Waals surface area (Å²) in [5, 5.41) is 9.72. The molecular weight excluding hydrogens is 212 g/mol. The largest absolute Gasteiger partial charge is 0.506 e. The predicted molar refractivity (Wildman–Crippen MR) is 69.7 cm³/mol. The van der Waals surface area contributed by atoms with E-state index in [4.69, 9.17) is 5.73 Å². The van der Waals surface area contributed by atoms with Crippen molar-refractivity contribution < 1.29 is 5.11 Å². The van der Waals surface area contributed by atoms with Crippen LogP contribution in [0.15, 0.2) is 53.5 Å². The maximum Gasteiger partial charge on any atom is 0.141 e. The van der Waals surface area contributed by atoms with Crippen molar-refractivity contribution in [2.24, 2.45) is 10.7 Å². The molecule has 2 aromatic rings. The fourth-order valence-corrected chi connectivity index (χ4v) is 1.53. The van der Waals surface area contributed by atoms with Gasteiger partial charge in [-0.25, -0.2) is 4.99 Å². The van der Waals surface area contributed by atoms with Gasteiger partial charge < -0.3 is 10.8 Å². The van der Waals surface area contributed by atoms with Crippen LogP contribution in [-0.4, -0.2) is 10.9 Å². The maximum absolute atomic E-state index is 9.72. The zero-order valence-electron chi connectivity index (χ0n) is 9.59. The molecule has 0 saturated heterocycles. The predicted octanol–water partition coefficient (Wildman–Crippen LogP) is 2.74. The van der Waals surface area contributed by atoms with Crippen LogP contribution in [0.1, 0.15) is 11.1 Å². The van der Waals surface area contributed by atoms with Crippen LogP contribution in [0.5, 0.6) is 5.75 Å². The van der Waals surface area contributed by atoms with Crippen molar-refractivity contribution in [1.29, 1.82) is 0 Å². The summed E-state index contributed by atoms with van der Waals surface area (Å²) in [5.41, 5.74) is 8.18. The Balaban J connectivity index is 2.36. The summed E-state index contributed by atoms with van der Waals surface area (Å²) in [5.74, 6) is 0.536. The molecule has 3 N–H and O–H groups in total. The molecule has 3 heteroatoms. The van der Waals surface area contributed by atoms with Crippen molar-refractivity contribution in [3.63, 3.8) is 0 Å². The van der Waals surface area contributed by atoms with Crippen molar-refractivity contribution in [1.82, 2.24) is 0 Å². The summed E-state index contributed by atoms with van der Waals surface area (Å²) in [6.45, 7) is 1.91. The van der Waals surface area contributed by atoms with Crippen LogP contribution in [0.3, 0.4) is 0 Å². The summed E-state index contributed by atoms with van der Waals surface area (Å²) in [6.07, 6.45) is 0. The zero-order chi connectivity index (χ0) is 12.3. The van der Waals surface area contributed by atoms with Crippen molar-refractivity contribution in [3.8, 4) is 5.75 Å². The number of aromatic hydroxyl groups is 1. The average Bonchev–Trinajstić information content (AvgIpc) is 2.34. The Bertz CT molecular complexity index is 547. The number of hydrogen-bond donors (Lipinski definition) is 2. The number of benzene rings is 2. The molecule has 0 saturated carbocycles. The number of hydrogen-bond acceptors (Lipinski definition) is 2. The Morgan fingerprint density at radius 3 is 2.47 bits per heavy atom. The summed E-state index contributed by atoms with van der Waals surface area (Å²) >= 11 is 0. The van der Waals surface area contributed by atoms with Gasteiger partial charge >= 0.3 is 0 Å². The van der Waals surface area contributed by atoms with Gasteiger partial charge in [0.15, 0.2) is 0 Å². The van der Waals surface area contributed by atoms with E-state index in [1.165, 1.54) is 0 Å². The molecule has 17 heavy (non-hydrogen) atoms. The first-order valence-electron chi connectivity index (χ1n) is 5.36. The van der Waals surface area contributed by atoms with Crippen LogP contribution < -0.4 is 5.73 Å². The van der Waals surface area contributed by atoms with Gasteiger partial charge in [-0.3, -0.25) is 0 Å². The molecule has 0 atom stereocenters. The molecule has 86 valence electrons. The molecule has 2 rings (SSSR count). The van der Waals surface area contributed by atoms with Gasteiger partial charge in [0, 0.05) is 5.56 Å². The smallest absolute Gasteiger partial charge is 0.141 e. The summed E-state index contributed by atoms with van der Waals surface area (Å²) in [7, 11) is 0. The first-order valence-corrected chi connectivity index (χ1v) is 5.36. The topological polar surface area (TPSA) is 58.6 Å². The first-order chi connectivity index (χ1) is 8.16. The van der Waals surface area contributed by atoms with Crippen molar-refractivity contribution >= 4 is 11.5 Å². The highest BCUT2D eigenvalue weighted by molar-refractivity contribution is 5.99. The van der Waals surface area contributed by atoms with Gasteiger partial charge in [0.2, 0.25) is 0 Å². The van der Waals surface area contributed by atoms with E-state index in [1.54, 1.807) is 12.1 Å². The summed E-state index contributed by atoms with van der Waals surface area (Å²) < 4.78 is 0. The molecule has 0 aliphatic rings. The lowest BCUT2D eigenvalue weighted by molar-refractivity contribution is 0.476. The molecule has 0 radical (unpaired) electrons. The molecule has 0 spiro atoms. The second-order valence-electron chi connectivity index (χ2n) is 3.86. The third-order valence-electron chi connectivity index (χ3n) is 2.44. The third-order valence-corrected chi connectivity index (χ3v) is 2.44. The maximum atomic E-state index is 9.72. The molecule has 0 amide bonds. The molecule has 2 aromatic carbocycles. The van der Waals surface area contributed by atoms with Crippen LogP contribution in [0.25, 0.3) is 0 Å².